The molecule has 6 heteroatoms. The number of aryl methyl sites for hydroxylation is 1. The van der Waals surface area contributed by atoms with Crippen LogP contribution in [0, 0.1) is 6.92 Å². The van der Waals surface area contributed by atoms with E-state index in [-0.39, 0.29) is 22.7 Å². The molecule has 0 amide bonds. The van der Waals surface area contributed by atoms with E-state index in [1.165, 1.54) is 24.3 Å². The second-order valence-corrected chi connectivity index (χ2v) is 8.00. The Bertz CT molecular complexity index is 1060. The van der Waals surface area contributed by atoms with E-state index in [2.05, 4.69) is 0 Å². The molecule has 0 aliphatic carbocycles. The van der Waals surface area contributed by atoms with Gasteiger partial charge in [0.15, 0.2) is 0 Å². The lowest BCUT2D eigenvalue weighted by molar-refractivity contribution is 0.0697. The molecule has 27 heavy (non-hydrogen) atoms. The molecule has 0 atom stereocenters. The highest BCUT2D eigenvalue weighted by Crippen LogP contribution is 2.29. The molecule has 138 valence electrons. The van der Waals surface area contributed by atoms with Crippen molar-refractivity contribution < 1.29 is 18.3 Å². The molecule has 0 fully saturated rings. The first-order chi connectivity index (χ1) is 12.9. The summed E-state index contributed by atoms with van der Waals surface area (Å²) in [6.07, 6.45) is 0. The van der Waals surface area contributed by atoms with Gasteiger partial charge in [0.25, 0.3) is 10.0 Å². The van der Waals surface area contributed by atoms with Crippen LogP contribution >= 0.6 is 0 Å². The number of carbonyl (C=O) groups is 1. The number of sulfonamides is 1. The van der Waals surface area contributed by atoms with Gasteiger partial charge >= 0.3 is 5.97 Å². The summed E-state index contributed by atoms with van der Waals surface area (Å²) < 4.78 is 27.8. The van der Waals surface area contributed by atoms with Gasteiger partial charge in [-0.15, -0.1) is 0 Å². The van der Waals surface area contributed by atoms with Crippen molar-refractivity contribution in [1.29, 1.82) is 0 Å². The molecule has 3 aromatic carbocycles. The molecule has 3 rings (SSSR count). The Morgan fingerprint density at radius 3 is 2.26 bits per heavy atom. The Morgan fingerprint density at radius 2 is 1.59 bits per heavy atom. The average Bonchev–Trinajstić information content (AvgIpc) is 2.67. The van der Waals surface area contributed by atoms with Crippen molar-refractivity contribution in [3.05, 3.63) is 95.6 Å². The van der Waals surface area contributed by atoms with E-state index < -0.39 is 16.0 Å². The zero-order valence-electron chi connectivity index (χ0n) is 14.7. The van der Waals surface area contributed by atoms with Crippen LogP contribution in [0.5, 0.6) is 0 Å². The molecule has 0 heterocycles. The number of benzene rings is 3. The fourth-order valence-electron chi connectivity index (χ4n) is 2.87. The van der Waals surface area contributed by atoms with Crippen LogP contribution in [0.3, 0.4) is 0 Å². The van der Waals surface area contributed by atoms with Gasteiger partial charge in [-0.1, -0.05) is 60.2 Å². The Labute approximate surface area is 158 Å². The van der Waals surface area contributed by atoms with Crippen LogP contribution in [-0.2, 0) is 16.6 Å². The minimum atomic E-state index is -3.95. The van der Waals surface area contributed by atoms with Crippen LogP contribution in [0.2, 0.25) is 0 Å². The summed E-state index contributed by atoms with van der Waals surface area (Å²) in [7, 11) is -3.95. The van der Waals surface area contributed by atoms with Crippen molar-refractivity contribution in [3.63, 3.8) is 0 Å². The number of anilines is 1. The number of nitrogens with zero attached hydrogens (tertiary/aromatic N) is 1. The smallest absolute Gasteiger partial charge is 0.337 e. The van der Waals surface area contributed by atoms with Crippen molar-refractivity contribution in [2.75, 3.05) is 4.31 Å². The van der Waals surface area contributed by atoms with E-state index in [4.69, 9.17) is 0 Å². The summed E-state index contributed by atoms with van der Waals surface area (Å²) in [6.45, 7) is 1.95. The second-order valence-electron chi connectivity index (χ2n) is 6.14. The Hall–Kier alpha value is -3.12. The normalized spacial score (nSPS) is 11.1. The van der Waals surface area contributed by atoms with Gasteiger partial charge in [-0.05, 0) is 36.8 Å². The molecule has 0 aliphatic heterocycles. The predicted octanol–water partition coefficient (Wildman–Crippen LogP) is 4.09. The highest BCUT2D eigenvalue weighted by atomic mass is 32.2. The molecule has 0 spiro atoms. The van der Waals surface area contributed by atoms with Gasteiger partial charge in [-0.25, -0.2) is 13.2 Å². The largest absolute Gasteiger partial charge is 0.478 e. The maximum atomic E-state index is 13.3. The van der Waals surface area contributed by atoms with E-state index in [1.54, 1.807) is 30.3 Å². The number of hydrogen-bond acceptors (Lipinski definition) is 3. The van der Waals surface area contributed by atoms with Gasteiger partial charge in [0.05, 0.1) is 22.7 Å². The Balaban J connectivity index is 2.17. The monoisotopic (exact) mass is 381 g/mol. The molecule has 0 unspecified atom stereocenters. The summed E-state index contributed by atoms with van der Waals surface area (Å²) in [5.41, 5.74) is 1.84. The number of carboxylic acid groups (broad SMARTS) is 1. The van der Waals surface area contributed by atoms with Crippen LogP contribution < -0.4 is 4.31 Å². The van der Waals surface area contributed by atoms with Crippen molar-refractivity contribution in [1.82, 2.24) is 0 Å². The van der Waals surface area contributed by atoms with Gasteiger partial charge < -0.3 is 5.11 Å². The Kier molecular flexibility index (Phi) is 5.28. The summed E-state index contributed by atoms with van der Waals surface area (Å²) in [5, 5.41) is 9.54. The van der Waals surface area contributed by atoms with Gasteiger partial charge in [0.1, 0.15) is 0 Å². The third-order valence-corrected chi connectivity index (χ3v) is 5.92. The molecule has 0 radical (unpaired) electrons. The van der Waals surface area contributed by atoms with Gasteiger partial charge in [-0.2, -0.15) is 0 Å². The lowest BCUT2D eigenvalue weighted by atomic mass is 10.1. The van der Waals surface area contributed by atoms with Crippen LogP contribution in [0.15, 0.2) is 83.8 Å². The third-order valence-electron chi connectivity index (χ3n) is 4.14. The topological polar surface area (TPSA) is 74.7 Å². The number of rotatable bonds is 6. The van der Waals surface area contributed by atoms with Gasteiger partial charge in [0.2, 0.25) is 0 Å². The molecular weight excluding hydrogens is 362 g/mol. The molecular formula is C21H19NO4S. The molecule has 0 saturated heterocycles. The first-order valence-electron chi connectivity index (χ1n) is 8.35. The SMILES string of the molecule is Cc1cccc(CN(c2ccccc2C(=O)O)S(=O)(=O)c2ccccc2)c1. The maximum absolute atomic E-state index is 13.3. The fraction of sp³-hybridized carbons (Fsp3) is 0.0952. The second kappa shape index (κ2) is 7.63. The van der Waals surface area contributed by atoms with Crippen molar-refractivity contribution in [2.24, 2.45) is 0 Å². The number of para-hydroxylation sites is 1. The number of aromatic carboxylic acids is 1. The molecule has 0 aliphatic rings. The Morgan fingerprint density at radius 1 is 0.926 bits per heavy atom. The lowest BCUT2D eigenvalue weighted by Crippen LogP contribution is -2.32. The van der Waals surface area contributed by atoms with Crippen LogP contribution in [0.25, 0.3) is 0 Å². The van der Waals surface area contributed by atoms with Crippen molar-refractivity contribution in [3.8, 4) is 0 Å². The minimum Gasteiger partial charge on any atom is -0.478 e. The highest BCUT2D eigenvalue weighted by molar-refractivity contribution is 7.92. The van der Waals surface area contributed by atoms with Crippen LogP contribution in [0.4, 0.5) is 5.69 Å². The molecule has 3 aromatic rings. The van der Waals surface area contributed by atoms with Crippen LogP contribution in [0.1, 0.15) is 21.5 Å². The maximum Gasteiger partial charge on any atom is 0.337 e. The average molecular weight is 381 g/mol. The summed E-state index contributed by atoms with van der Waals surface area (Å²) in [5.74, 6) is -1.18. The molecule has 0 saturated carbocycles. The van der Waals surface area contributed by atoms with E-state index in [9.17, 15) is 18.3 Å². The van der Waals surface area contributed by atoms with E-state index in [0.717, 1.165) is 15.4 Å². The third kappa shape index (κ3) is 4.01. The van der Waals surface area contributed by atoms with Crippen molar-refractivity contribution in [2.45, 2.75) is 18.4 Å². The summed E-state index contributed by atoms with van der Waals surface area (Å²) in [4.78, 5) is 11.8. The lowest BCUT2D eigenvalue weighted by Gasteiger charge is -2.26. The van der Waals surface area contributed by atoms with Gasteiger partial charge in [0, 0.05) is 0 Å². The van der Waals surface area contributed by atoms with E-state index >= 15 is 0 Å². The molecule has 1 N–H and O–H groups in total. The summed E-state index contributed by atoms with van der Waals surface area (Å²) in [6, 6.07) is 21.6. The zero-order chi connectivity index (χ0) is 19.4. The minimum absolute atomic E-state index is 0.0310. The predicted molar refractivity (Wildman–Crippen MR) is 104 cm³/mol. The molecule has 0 bridgehead atoms. The molecule has 5 nitrogen and oxygen atoms in total. The fourth-order valence-corrected chi connectivity index (χ4v) is 4.36. The molecule has 0 aromatic heterocycles. The quantitative estimate of drug-likeness (QED) is 0.698. The summed E-state index contributed by atoms with van der Waals surface area (Å²) >= 11 is 0. The number of hydrogen-bond donors (Lipinski definition) is 1. The van der Waals surface area contributed by atoms with Gasteiger partial charge in [-0.3, -0.25) is 4.31 Å². The highest BCUT2D eigenvalue weighted by Gasteiger charge is 2.28. The van der Waals surface area contributed by atoms with E-state index in [0.29, 0.717) is 0 Å². The first-order valence-corrected chi connectivity index (χ1v) is 9.79. The number of carboxylic acids is 1. The van der Waals surface area contributed by atoms with Crippen molar-refractivity contribution >= 4 is 21.7 Å². The van der Waals surface area contributed by atoms with Crippen LogP contribution in [-0.4, -0.2) is 19.5 Å². The first kappa shape index (κ1) is 18.7. The van der Waals surface area contributed by atoms with E-state index in [1.807, 2.05) is 31.2 Å². The standard InChI is InChI=1S/C21H19NO4S/c1-16-8-7-9-17(14-16)15-22(20-13-6-5-12-19(20)21(23)24)27(25,26)18-10-3-2-4-11-18/h2-14H,15H2,1H3,(H,23,24). The zero-order valence-corrected chi connectivity index (χ0v) is 15.6.